The van der Waals surface area contributed by atoms with Gasteiger partial charge in [0.05, 0.1) is 0 Å². The summed E-state index contributed by atoms with van der Waals surface area (Å²) >= 11 is 0. The van der Waals surface area contributed by atoms with E-state index in [2.05, 4.69) is 25.5 Å². The van der Waals surface area contributed by atoms with Gasteiger partial charge in [-0.3, -0.25) is 4.98 Å². The van der Waals surface area contributed by atoms with Crippen LogP contribution in [-0.4, -0.2) is 39.4 Å². The smallest absolute Gasteiger partial charge is 0.340 e. The molecule has 1 saturated heterocycles. The fourth-order valence-electron chi connectivity index (χ4n) is 2.66. The standard InChI is InChI=1S/C15H15N5O2/c21-15-18-13(19-20-15)12-7-9-3-1-2-4-11(9)14(17-12)22-10-5-6-16-8-10/h1-4,7,10,16H,5-6,8H2,(H2,18,19,20,21). The van der Waals surface area contributed by atoms with E-state index in [1.165, 1.54) is 0 Å². The van der Waals surface area contributed by atoms with Gasteiger partial charge < -0.3 is 10.1 Å². The van der Waals surface area contributed by atoms with Crippen molar-refractivity contribution in [3.63, 3.8) is 0 Å². The van der Waals surface area contributed by atoms with E-state index in [-0.39, 0.29) is 11.8 Å². The highest BCUT2D eigenvalue weighted by Crippen LogP contribution is 2.28. The van der Waals surface area contributed by atoms with Crippen molar-refractivity contribution in [2.45, 2.75) is 12.5 Å². The van der Waals surface area contributed by atoms with Gasteiger partial charge in [-0.25, -0.2) is 14.9 Å². The molecule has 3 N–H and O–H groups in total. The lowest BCUT2D eigenvalue weighted by molar-refractivity contribution is 0.217. The Morgan fingerprint density at radius 1 is 1.27 bits per heavy atom. The fourth-order valence-corrected chi connectivity index (χ4v) is 2.66. The van der Waals surface area contributed by atoms with E-state index in [0.29, 0.717) is 17.4 Å². The summed E-state index contributed by atoms with van der Waals surface area (Å²) in [6.07, 6.45) is 1.07. The Bertz CT molecular complexity index is 863. The monoisotopic (exact) mass is 297 g/mol. The highest BCUT2D eigenvalue weighted by molar-refractivity contribution is 5.89. The normalized spacial score (nSPS) is 17.9. The highest BCUT2D eigenvalue weighted by Gasteiger charge is 2.19. The van der Waals surface area contributed by atoms with Crippen LogP contribution in [0, 0.1) is 0 Å². The molecule has 0 spiro atoms. The largest absolute Gasteiger partial charge is 0.472 e. The lowest BCUT2D eigenvalue weighted by Crippen LogP contribution is -2.20. The number of hydrogen-bond donors (Lipinski definition) is 3. The van der Waals surface area contributed by atoms with Gasteiger partial charge in [0.1, 0.15) is 11.8 Å². The molecule has 0 aliphatic carbocycles. The molecule has 7 heteroatoms. The number of fused-ring (bicyclic) bond motifs is 1. The zero-order chi connectivity index (χ0) is 14.9. The molecule has 1 aliphatic heterocycles. The third kappa shape index (κ3) is 2.35. The van der Waals surface area contributed by atoms with E-state index in [4.69, 9.17) is 4.74 Å². The van der Waals surface area contributed by atoms with Gasteiger partial charge in [-0.05, 0) is 30.5 Å². The van der Waals surface area contributed by atoms with Gasteiger partial charge in [0.2, 0.25) is 5.88 Å². The topological polar surface area (TPSA) is 95.7 Å². The van der Waals surface area contributed by atoms with Crippen molar-refractivity contribution < 1.29 is 4.74 Å². The number of nitrogens with zero attached hydrogens (tertiary/aromatic N) is 2. The first-order valence-electron chi connectivity index (χ1n) is 7.22. The van der Waals surface area contributed by atoms with Gasteiger partial charge in [-0.15, -0.1) is 0 Å². The molecule has 0 saturated carbocycles. The van der Waals surface area contributed by atoms with Gasteiger partial charge in [-0.2, -0.15) is 5.10 Å². The molecular weight excluding hydrogens is 282 g/mol. The maximum atomic E-state index is 11.2. The Labute approximate surface area is 125 Å². The summed E-state index contributed by atoms with van der Waals surface area (Å²) in [6, 6.07) is 9.78. The number of H-pyrrole nitrogens is 2. The molecule has 22 heavy (non-hydrogen) atoms. The molecule has 7 nitrogen and oxygen atoms in total. The van der Waals surface area contributed by atoms with Crippen LogP contribution in [0.4, 0.5) is 0 Å². The van der Waals surface area contributed by atoms with Crippen LogP contribution in [-0.2, 0) is 0 Å². The second kappa shape index (κ2) is 5.27. The number of hydrogen-bond acceptors (Lipinski definition) is 5. The molecule has 1 aliphatic rings. The molecule has 3 aromatic rings. The number of aromatic amines is 2. The number of nitrogens with one attached hydrogen (secondary N) is 3. The Morgan fingerprint density at radius 3 is 2.95 bits per heavy atom. The summed E-state index contributed by atoms with van der Waals surface area (Å²) in [5, 5.41) is 11.5. The summed E-state index contributed by atoms with van der Waals surface area (Å²) in [7, 11) is 0. The second-order valence-corrected chi connectivity index (χ2v) is 5.29. The molecule has 0 bridgehead atoms. The average Bonchev–Trinajstić information content (AvgIpc) is 3.19. The summed E-state index contributed by atoms with van der Waals surface area (Å²) in [6.45, 7) is 1.77. The van der Waals surface area contributed by atoms with E-state index in [9.17, 15) is 4.79 Å². The molecule has 1 atom stereocenters. The zero-order valence-electron chi connectivity index (χ0n) is 11.8. The second-order valence-electron chi connectivity index (χ2n) is 5.29. The van der Waals surface area contributed by atoms with Crippen molar-refractivity contribution in [2.24, 2.45) is 0 Å². The Hall–Kier alpha value is -2.67. The molecule has 1 fully saturated rings. The van der Waals surface area contributed by atoms with Crippen molar-refractivity contribution >= 4 is 10.8 Å². The summed E-state index contributed by atoms with van der Waals surface area (Å²) in [5.41, 5.74) is 0.227. The van der Waals surface area contributed by atoms with E-state index < -0.39 is 0 Å². The lowest BCUT2D eigenvalue weighted by Gasteiger charge is -2.14. The Morgan fingerprint density at radius 2 is 2.18 bits per heavy atom. The van der Waals surface area contributed by atoms with Crippen LogP contribution in [0.3, 0.4) is 0 Å². The van der Waals surface area contributed by atoms with Gasteiger partial charge in [-0.1, -0.05) is 18.2 Å². The molecular formula is C15H15N5O2. The minimum atomic E-state index is -0.354. The predicted molar refractivity (Wildman–Crippen MR) is 81.8 cm³/mol. The van der Waals surface area contributed by atoms with Crippen LogP contribution >= 0.6 is 0 Å². The Balaban J connectivity index is 1.83. The molecule has 0 amide bonds. The van der Waals surface area contributed by atoms with Gasteiger partial charge in [0.25, 0.3) is 0 Å². The number of ether oxygens (including phenoxy) is 1. The first-order valence-corrected chi connectivity index (χ1v) is 7.22. The van der Waals surface area contributed by atoms with Crippen molar-refractivity contribution in [2.75, 3.05) is 13.1 Å². The lowest BCUT2D eigenvalue weighted by atomic mass is 10.1. The maximum absolute atomic E-state index is 11.2. The SMILES string of the molecule is O=c1[nH]nc(-c2cc3ccccc3c(OC3CCNC3)n2)[nH]1. The minimum Gasteiger partial charge on any atom is -0.472 e. The zero-order valence-corrected chi connectivity index (χ0v) is 11.8. The summed E-state index contributed by atoms with van der Waals surface area (Å²) in [4.78, 5) is 18.4. The minimum absolute atomic E-state index is 0.115. The molecule has 4 rings (SSSR count). The van der Waals surface area contributed by atoms with E-state index in [0.717, 1.165) is 30.3 Å². The number of benzene rings is 1. The van der Waals surface area contributed by atoms with Crippen LogP contribution in [0.1, 0.15) is 6.42 Å². The summed E-state index contributed by atoms with van der Waals surface area (Å²) in [5.74, 6) is 0.982. The van der Waals surface area contributed by atoms with Crippen molar-refractivity contribution in [3.8, 4) is 17.4 Å². The van der Waals surface area contributed by atoms with Crippen LogP contribution in [0.25, 0.3) is 22.3 Å². The first kappa shape index (κ1) is 13.0. The van der Waals surface area contributed by atoms with Crippen LogP contribution in [0.5, 0.6) is 5.88 Å². The molecule has 1 aromatic carbocycles. The highest BCUT2D eigenvalue weighted by atomic mass is 16.5. The number of pyridine rings is 1. The van der Waals surface area contributed by atoms with E-state index >= 15 is 0 Å². The molecule has 3 heterocycles. The molecule has 0 radical (unpaired) electrons. The fraction of sp³-hybridized carbons (Fsp3) is 0.267. The first-order chi connectivity index (χ1) is 10.8. The Kier molecular flexibility index (Phi) is 3.12. The molecule has 1 unspecified atom stereocenters. The van der Waals surface area contributed by atoms with Crippen molar-refractivity contribution in [3.05, 3.63) is 40.8 Å². The van der Waals surface area contributed by atoms with E-state index in [1.807, 2.05) is 30.3 Å². The van der Waals surface area contributed by atoms with Crippen LogP contribution in [0.15, 0.2) is 35.1 Å². The van der Waals surface area contributed by atoms with Crippen LogP contribution < -0.4 is 15.7 Å². The maximum Gasteiger partial charge on any atom is 0.340 e. The van der Waals surface area contributed by atoms with Crippen LogP contribution in [0.2, 0.25) is 0 Å². The average molecular weight is 297 g/mol. The quantitative estimate of drug-likeness (QED) is 0.671. The predicted octanol–water partition coefficient (Wildman–Crippen LogP) is 1.05. The van der Waals surface area contributed by atoms with Crippen molar-refractivity contribution in [1.82, 2.24) is 25.5 Å². The van der Waals surface area contributed by atoms with Gasteiger partial charge in [0.15, 0.2) is 5.82 Å². The third-order valence-corrected chi connectivity index (χ3v) is 3.74. The molecule has 2 aromatic heterocycles. The van der Waals surface area contributed by atoms with Gasteiger partial charge in [0, 0.05) is 11.9 Å². The third-order valence-electron chi connectivity index (χ3n) is 3.74. The van der Waals surface area contributed by atoms with Gasteiger partial charge >= 0.3 is 5.69 Å². The number of rotatable bonds is 3. The van der Waals surface area contributed by atoms with E-state index in [1.54, 1.807) is 0 Å². The molecule has 112 valence electrons. The van der Waals surface area contributed by atoms with Crippen molar-refractivity contribution in [1.29, 1.82) is 0 Å². The summed E-state index contributed by atoms with van der Waals surface area (Å²) < 4.78 is 6.05. The number of aromatic nitrogens is 4.